The third-order valence-electron chi connectivity index (χ3n) is 5.83. The molecule has 0 aromatic heterocycles. The van der Waals surface area contributed by atoms with Gasteiger partial charge in [-0.1, -0.05) is 99.2 Å². The van der Waals surface area contributed by atoms with Crippen molar-refractivity contribution in [1.29, 1.82) is 0 Å². The fourth-order valence-corrected chi connectivity index (χ4v) is 4.12. The van der Waals surface area contributed by atoms with Crippen LogP contribution in [0, 0.1) is 11.8 Å². The van der Waals surface area contributed by atoms with E-state index in [0.29, 0.717) is 0 Å². The van der Waals surface area contributed by atoms with Gasteiger partial charge in [0.05, 0.1) is 0 Å². The largest absolute Gasteiger partial charge is 0.460 e. The summed E-state index contributed by atoms with van der Waals surface area (Å²) < 4.78 is 11.2. The standard InChI is InChI=1S/C26H32O4/c27-25(29-19-21-13-7-5-8-14-21)24(23-17-11-3-1-2-4-12-18-23)26(28)30-20-22-15-9-6-10-16-22/h5-10,13-16,23-24H,1-4,11-12,17-20H2. The summed E-state index contributed by atoms with van der Waals surface area (Å²) in [4.78, 5) is 26.1. The highest BCUT2D eigenvalue weighted by Gasteiger charge is 2.37. The minimum atomic E-state index is -0.851. The fraction of sp³-hybridized carbons (Fsp3) is 0.462. The topological polar surface area (TPSA) is 52.6 Å². The van der Waals surface area contributed by atoms with E-state index >= 15 is 0 Å². The molecular formula is C26H32O4. The van der Waals surface area contributed by atoms with Crippen molar-refractivity contribution in [1.82, 2.24) is 0 Å². The second-order valence-electron chi connectivity index (χ2n) is 8.12. The van der Waals surface area contributed by atoms with E-state index in [1.165, 1.54) is 12.8 Å². The Hall–Kier alpha value is -2.62. The van der Waals surface area contributed by atoms with E-state index in [2.05, 4.69) is 0 Å². The van der Waals surface area contributed by atoms with Crippen LogP contribution in [0.5, 0.6) is 0 Å². The molecule has 1 saturated carbocycles. The van der Waals surface area contributed by atoms with E-state index in [1.54, 1.807) is 0 Å². The Labute approximate surface area is 179 Å². The lowest BCUT2D eigenvalue weighted by molar-refractivity contribution is -0.167. The molecule has 0 heterocycles. The molecule has 0 unspecified atom stereocenters. The predicted octanol–water partition coefficient (Wildman–Crippen LogP) is 5.84. The molecule has 3 rings (SSSR count). The van der Waals surface area contributed by atoms with Crippen molar-refractivity contribution in [2.45, 2.75) is 64.6 Å². The summed E-state index contributed by atoms with van der Waals surface area (Å²) in [5.41, 5.74) is 1.83. The van der Waals surface area contributed by atoms with E-state index < -0.39 is 17.9 Å². The molecule has 0 N–H and O–H groups in total. The molecule has 0 saturated heterocycles. The number of carbonyl (C=O) groups excluding carboxylic acids is 2. The van der Waals surface area contributed by atoms with E-state index in [9.17, 15) is 9.59 Å². The van der Waals surface area contributed by atoms with Crippen molar-refractivity contribution >= 4 is 11.9 Å². The first-order valence-electron chi connectivity index (χ1n) is 11.1. The van der Waals surface area contributed by atoms with Gasteiger partial charge in [-0.25, -0.2) is 0 Å². The summed E-state index contributed by atoms with van der Waals surface area (Å²) >= 11 is 0. The normalized spacial score (nSPS) is 15.6. The Balaban J connectivity index is 1.68. The predicted molar refractivity (Wildman–Crippen MR) is 116 cm³/mol. The molecule has 1 aliphatic rings. The van der Waals surface area contributed by atoms with Crippen LogP contribution in [-0.4, -0.2) is 11.9 Å². The lowest BCUT2D eigenvalue weighted by atomic mass is 9.84. The van der Waals surface area contributed by atoms with Crippen LogP contribution < -0.4 is 0 Å². The summed E-state index contributed by atoms with van der Waals surface area (Å²) in [6.07, 6.45) is 8.58. The van der Waals surface area contributed by atoms with Crippen LogP contribution in [0.3, 0.4) is 0 Å². The van der Waals surface area contributed by atoms with Crippen molar-refractivity contribution in [2.24, 2.45) is 11.8 Å². The van der Waals surface area contributed by atoms with Gasteiger partial charge in [-0.2, -0.15) is 0 Å². The molecule has 0 radical (unpaired) electrons. The Bertz CT molecular complexity index is 707. The smallest absolute Gasteiger partial charge is 0.320 e. The van der Waals surface area contributed by atoms with Gasteiger partial charge in [-0.15, -0.1) is 0 Å². The molecule has 2 aromatic carbocycles. The Kier molecular flexibility index (Phi) is 8.95. The second-order valence-corrected chi connectivity index (χ2v) is 8.12. The molecule has 30 heavy (non-hydrogen) atoms. The molecule has 1 aliphatic carbocycles. The molecule has 1 fully saturated rings. The number of benzene rings is 2. The van der Waals surface area contributed by atoms with Crippen molar-refractivity contribution < 1.29 is 19.1 Å². The first-order valence-corrected chi connectivity index (χ1v) is 11.1. The van der Waals surface area contributed by atoms with Crippen LogP contribution in [-0.2, 0) is 32.3 Å². The van der Waals surface area contributed by atoms with Crippen LogP contribution in [0.2, 0.25) is 0 Å². The Morgan fingerprint density at radius 2 is 1.07 bits per heavy atom. The third kappa shape index (κ3) is 7.01. The van der Waals surface area contributed by atoms with Crippen LogP contribution in [0.15, 0.2) is 60.7 Å². The minimum Gasteiger partial charge on any atom is -0.460 e. The molecule has 2 aromatic rings. The minimum absolute atomic E-state index is 0.0188. The maximum absolute atomic E-state index is 13.0. The van der Waals surface area contributed by atoms with Crippen LogP contribution >= 0.6 is 0 Å². The lowest BCUT2D eigenvalue weighted by Gasteiger charge is -2.24. The van der Waals surface area contributed by atoms with Gasteiger partial charge >= 0.3 is 11.9 Å². The van der Waals surface area contributed by atoms with Gasteiger partial charge in [-0.05, 0) is 29.9 Å². The number of esters is 2. The molecular weight excluding hydrogens is 376 g/mol. The fourth-order valence-electron chi connectivity index (χ4n) is 4.12. The zero-order valence-electron chi connectivity index (χ0n) is 17.6. The van der Waals surface area contributed by atoms with Gasteiger partial charge in [-0.3, -0.25) is 9.59 Å². The number of carbonyl (C=O) groups is 2. The quantitative estimate of drug-likeness (QED) is 0.427. The van der Waals surface area contributed by atoms with Crippen LogP contribution in [0.25, 0.3) is 0 Å². The number of hydrogen-bond acceptors (Lipinski definition) is 4. The highest BCUT2D eigenvalue weighted by molar-refractivity contribution is 5.95. The summed E-state index contributed by atoms with van der Waals surface area (Å²) in [6, 6.07) is 19.1. The molecule has 0 amide bonds. The van der Waals surface area contributed by atoms with Crippen molar-refractivity contribution in [2.75, 3.05) is 0 Å². The molecule has 0 bridgehead atoms. The zero-order valence-corrected chi connectivity index (χ0v) is 17.6. The summed E-state index contributed by atoms with van der Waals surface area (Å²) in [6.45, 7) is 0.351. The van der Waals surface area contributed by atoms with Crippen molar-refractivity contribution in [3.8, 4) is 0 Å². The monoisotopic (exact) mass is 408 g/mol. The Morgan fingerprint density at radius 3 is 1.50 bits per heavy atom. The summed E-state index contributed by atoms with van der Waals surface area (Å²) in [5, 5.41) is 0. The van der Waals surface area contributed by atoms with Crippen LogP contribution in [0.1, 0.15) is 62.5 Å². The number of ether oxygens (including phenoxy) is 2. The number of rotatable bonds is 7. The van der Waals surface area contributed by atoms with Gasteiger partial charge in [0, 0.05) is 0 Å². The lowest BCUT2D eigenvalue weighted by Crippen LogP contribution is -2.34. The van der Waals surface area contributed by atoms with Gasteiger partial charge in [0.15, 0.2) is 5.92 Å². The van der Waals surface area contributed by atoms with E-state index in [-0.39, 0.29) is 19.1 Å². The van der Waals surface area contributed by atoms with Crippen molar-refractivity contribution in [3.63, 3.8) is 0 Å². The summed E-state index contributed by atoms with van der Waals surface area (Å²) in [7, 11) is 0. The molecule has 4 nitrogen and oxygen atoms in total. The van der Waals surface area contributed by atoms with E-state index in [1.807, 2.05) is 60.7 Å². The molecule has 0 spiro atoms. The van der Waals surface area contributed by atoms with Crippen molar-refractivity contribution in [3.05, 3.63) is 71.8 Å². The van der Waals surface area contributed by atoms with E-state index in [0.717, 1.165) is 49.7 Å². The maximum atomic E-state index is 13.0. The average molecular weight is 409 g/mol. The van der Waals surface area contributed by atoms with Crippen LogP contribution in [0.4, 0.5) is 0 Å². The van der Waals surface area contributed by atoms with E-state index in [4.69, 9.17) is 9.47 Å². The maximum Gasteiger partial charge on any atom is 0.320 e. The number of hydrogen-bond donors (Lipinski definition) is 0. The second kappa shape index (κ2) is 12.2. The van der Waals surface area contributed by atoms with Gasteiger partial charge in [0.1, 0.15) is 13.2 Å². The highest BCUT2D eigenvalue weighted by Crippen LogP contribution is 2.30. The highest BCUT2D eigenvalue weighted by atomic mass is 16.6. The third-order valence-corrected chi connectivity index (χ3v) is 5.83. The first-order chi connectivity index (χ1) is 14.7. The van der Waals surface area contributed by atoms with Gasteiger partial charge in [0.2, 0.25) is 0 Å². The molecule has 0 atom stereocenters. The SMILES string of the molecule is O=C(OCc1ccccc1)C(C(=O)OCc1ccccc1)C1CCCCCCCC1. The van der Waals surface area contributed by atoms with Gasteiger partial charge in [0.25, 0.3) is 0 Å². The molecule has 160 valence electrons. The first kappa shape index (κ1) is 22.1. The Morgan fingerprint density at radius 1 is 0.667 bits per heavy atom. The average Bonchev–Trinajstić information content (AvgIpc) is 2.92. The zero-order chi connectivity index (χ0) is 21.0. The van der Waals surface area contributed by atoms with Gasteiger partial charge < -0.3 is 9.47 Å². The molecule has 0 aliphatic heterocycles. The molecule has 4 heteroatoms. The summed E-state index contributed by atoms with van der Waals surface area (Å²) in [5.74, 6) is -1.78.